The van der Waals surface area contributed by atoms with E-state index in [0.717, 1.165) is 68.5 Å². The molecule has 0 atom stereocenters. The van der Waals surface area contributed by atoms with Gasteiger partial charge in [-0.25, -0.2) is 0 Å². The summed E-state index contributed by atoms with van der Waals surface area (Å²) in [4.78, 5) is 15.6. The molecule has 1 aromatic carbocycles. The molecular weight excluding hydrogens is 364 g/mol. The van der Waals surface area contributed by atoms with Crippen molar-refractivity contribution in [3.8, 4) is 0 Å². The lowest BCUT2D eigenvalue weighted by Crippen LogP contribution is -2.48. The molecule has 0 unspecified atom stereocenters. The SMILES string of the molecule is CNCCC1CCN(C(=O)C2(c3cccc(Br)c3)CCCC2)CC1. The van der Waals surface area contributed by atoms with Gasteiger partial charge in [-0.2, -0.15) is 0 Å². The molecule has 2 aliphatic rings. The van der Waals surface area contributed by atoms with Gasteiger partial charge in [0.2, 0.25) is 5.91 Å². The van der Waals surface area contributed by atoms with Crippen LogP contribution in [0.25, 0.3) is 0 Å². The maximum atomic E-state index is 13.5. The summed E-state index contributed by atoms with van der Waals surface area (Å²) >= 11 is 3.58. The quantitative estimate of drug-likeness (QED) is 0.817. The van der Waals surface area contributed by atoms with Gasteiger partial charge in [0.15, 0.2) is 0 Å². The maximum Gasteiger partial charge on any atom is 0.233 e. The van der Waals surface area contributed by atoms with E-state index in [0.29, 0.717) is 5.91 Å². The number of hydrogen-bond acceptors (Lipinski definition) is 2. The molecule has 1 aliphatic heterocycles. The largest absolute Gasteiger partial charge is 0.342 e. The molecule has 0 bridgehead atoms. The minimum absolute atomic E-state index is 0.276. The standard InChI is InChI=1S/C20H29BrN2O/c1-22-12-7-16-8-13-23(14-9-16)19(24)20(10-2-3-11-20)17-5-4-6-18(21)15-17/h4-6,15-16,22H,2-3,7-14H2,1H3. The van der Waals surface area contributed by atoms with Gasteiger partial charge < -0.3 is 10.2 Å². The highest BCUT2D eigenvalue weighted by Gasteiger charge is 2.45. The van der Waals surface area contributed by atoms with E-state index in [1.807, 2.05) is 13.1 Å². The summed E-state index contributed by atoms with van der Waals surface area (Å²) in [5.41, 5.74) is 0.929. The van der Waals surface area contributed by atoms with E-state index >= 15 is 0 Å². The van der Waals surface area contributed by atoms with Crippen molar-refractivity contribution >= 4 is 21.8 Å². The lowest BCUT2D eigenvalue weighted by atomic mass is 9.77. The normalized spacial score (nSPS) is 21.2. The minimum Gasteiger partial charge on any atom is -0.342 e. The van der Waals surface area contributed by atoms with Crippen molar-refractivity contribution in [2.24, 2.45) is 5.92 Å². The Hall–Kier alpha value is -0.870. The molecule has 0 aromatic heterocycles. The third kappa shape index (κ3) is 3.70. The molecule has 1 aliphatic carbocycles. The van der Waals surface area contributed by atoms with Crippen LogP contribution in [0.2, 0.25) is 0 Å². The number of carbonyl (C=O) groups is 1. The summed E-state index contributed by atoms with van der Waals surface area (Å²) in [5, 5.41) is 3.24. The summed E-state index contributed by atoms with van der Waals surface area (Å²) in [7, 11) is 2.01. The smallest absolute Gasteiger partial charge is 0.233 e. The second-order valence-corrected chi connectivity index (χ2v) is 8.34. The Morgan fingerprint density at radius 1 is 1.29 bits per heavy atom. The molecule has 1 saturated carbocycles. The van der Waals surface area contributed by atoms with E-state index in [1.54, 1.807) is 0 Å². The predicted molar refractivity (Wildman–Crippen MR) is 102 cm³/mol. The summed E-state index contributed by atoms with van der Waals surface area (Å²) in [6.45, 7) is 2.95. The van der Waals surface area contributed by atoms with Crippen LogP contribution in [0.5, 0.6) is 0 Å². The van der Waals surface area contributed by atoms with Crippen LogP contribution in [0.15, 0.2) is 28.7 Å². The predicted octanol–water partition coefficient (Wildman–Crippen LogP) is 4.11. The van der Waals surface area contributed by atoms with E-state index in [1.165, 1.54) is 12.0 Å². The maximum absolute atomic E-state index is 13.5. The number of carbonyl (C=O) groups excluding carboxylic acids is 1. The topological polar surface area (TPSA) is 32.3 Å². The Bertz CT molecular complexity index is 561. The monoisotopic (exact) mass is 392 g/mol. The second kappa shape index (κ2) is 8.01. The number of piperidine rings is 1. The molecule has 0 radical (unpaired) electrons. The minimum atomic E-state index is -0.276. The number of nitrogens with one attached hydrogen (secondary N) is 1. The summed E-state index contributed by atoms with van der Waals surface area (Å²) in [6, 6.07) is 8.41. The van der Waals surface area contributed by atoms with Crippen molar-refractivity contribution < 1.29 is 4.79 Å². The van der Waals surface area contributed by atoms with Gasteiger partial charge >= 0.3 is 0 Å². The fourth-order valence-corrected chi connectivity index (χ4v) is 4.87. The van der Waals surface area contributed by atoms with Crippen LogP contribution >= 0.6 is 15.9 Å². The van der Waals surface area contributed by atoms with Crippen molar-refractivity contribution in [1.29, 1.82) is 0 Å². The van der Waals surface area contributed by atoms with Crippen LogP contribution in [-0.2, 0) is 10.2 Å². The van der Waals surface area contributed by atoms with Crippen molar-refractivity contribution in [2.75, 3.05) is 26.7 Å². The highest BCUT2D eigenvalue weighted by atomic mass is 79.9. The van der Waals surface area contributed by atoms with Crippen LogP contribution in [0.1, 0.15) is 50.5 Å². The van der Waals surface area contributed by atoms with Gasteiger partial charge in [-0.05, 0) is 69.3 Å². The van der Waals surface area contributed by atoms with Gasteiger partial charge in [-0.3, -0.25) is 4.79 Å². The van der Waals surface area contributed by atoms with Crippen LogP contribution in [0.3, 0.4) is 0 Å². The average Bonchev–Trinajstić information content (AvgIpc) is 3.11. The molecule has 1 N–H and O–H groups in total. The van der Waals surface area contributed by atoms with Gasteiger partial charge in [0.05, 0.1) is 5.41 Å². The summed E-state index contributed by atoms with van der Waals surface area (Å²) < 4.78 is 1.07. The van der Waals surface area contributed by atoms with E-state index in [4.69, 9.17) is 0 Å². The van der Waals surface area contributed by atoms with E-state index < -0.39 is 0 Å². The fourth-order valence-electron chi connectivity index (χ4n) is 4.47. The lowest BCUT2D eigenvalue weighted by molar-refractivity contribution is -0.138. The summed E-state index contributed by atoms with van der Waals surface area (Å²) in [5.74, 6) is 1.15. The number of halogens is 1. The van der Waals surface area contributed by atoms with Crippen molar-refractivity contribution in [2.45, 2.75) is 50.4 Å². The Balaban J connectivity index is 1.72. The molecule has 1 saturated heterocycles. The first-order valence-electron chi connectivity index (χ1n) is 9.36. The molecule has 4 heteroatoms. The molecule has 3 rings (SSSR count). The molecule has 1 heterocycles. The summed E-state index contributed by atoms with van der Waals surface area (Å²) in [6.07, 6.45) is 7.87. The first-order valence-corrected chi connectivity index (χ1v) is 10.1. The molecule has 3 nitrogen and oxygen atoms in total. The number of nitrogens with zero attached hydrogens (tertiary/aromatic N) is 1. The van der Waals surface area contributed by atoms with Gasteiger partial charge in [0.1, 0.15) is 0 Å². The van der Waals surface area contributed by atoms with Crippen LogP contribution in [0.4, 0.5) is 0 Å². The zero-order valence-corrected chi connectivity index (χ0v) is 16.3. The van der Waals surface area contributed by atoms with Gasteiger partial charge in [-0.1, -0.05) is 40.9 Å². The number of rotatable bonds is 5. The van der Waals surface area contributed by atoms with Gasteiger partial charge in [0, 0.05) is 17.6 Å². The third-order valence-corrected chi connectivity index (χ3v) is 6.44. The van der Waals surface area contributed by atoms with Crippen LogP contribution in [0, 0.1) is 5.92 Å². The highest BCUT2D eigenvalue weighted by Crippen LogP contribution is 2.43. The number of amides is 1. The van der Waals surface area contributed by atoms with Crippen molar-refractivity contribution in [3.63, 3.8) is 0 Å². The van der Waals surface area contributed by atoms with Gasteiger partial charge in [-0.15, -0.1) is 0 Å². The van der Waals surface area contributed by atoms with Gasteiger partial charge in [0.25, 0.3) is 0 Å². The molecule has 24 heavy (non-hydrogen) atoms. The zero-order valence-electron chi connectivity index (χ0n) is 14.7. The number of benzene rings is 1. The Morgan fingerprint density at radius 3 is 2.62 bits per heavy atom. The highest BCUT2D eigenvalue weighted by molar-refractivity contribution is 9.10. The third-order valence-electron chi connectivity index (χ3n) is 5.95. The van der Waals surface area contributed by atoms with Crippen LogP contribution in [-0.4, -0.2) is 37.5 Å². The molecule has 1 amide bonds. The van der Waals surface area contributed by atoms with Crippen molar-refractivity contribution in [1.82, 2.24) is 10.2 Å². The molecular formula is C20H29BrN2O. The first-order chi connectivity index (χ1) is 11.7. The molecule has 2 fully saturated rings. The average molecular weight is 393 g/mol. The molecule has 132 valence electrons. The fraction of sp³-hybridized carbons (Fsp3) is 0.650. The van der Waals surface area contributed by atoms with Crippen LogP contribution < -0.4 is 5.32 Å². The van der Waals surface area contributed by atoms with E-state index in [2.05, 4.69) is 44.3 Å². The van der Waals surface area contributed by atoms with E-state index in [9.17, 15) is 4.79 Å². The number of likely N-dealkylation sites (tertiary alicyclic amines) is 1. The zero-order chi connectivity index (χ0) is 17.0. The molecule has 1 aromatic rings. The first kappa shape index (κ1) is 17.9. The number of hydrogen-bond donors (Lipinski definition) is 1. The Kier molecular flexibility index (Phi) is 5.98. The second-order valence-electron chi connectivity index (χ2n) is 7.43. The van der Waals surface area contributed by atoms with E-state index in [-0.39, 0.29) is 5.41 Å². The van der Waals surface area contributed by atoms with Crippen molar-refractivity contribution in [3.05, 3.63) is 34.3 Å². The Morgan fingerprint density at radius 2 is 2.00 bits per heavy atom. The lowest BCUT2D eigenvalue weighted by Gasteiger charge is -2.39. The molecule has 0 spiro atoms. The Labute approximate surface area is 154 Å².